The van der Waals surface area contributed by atoms with E-state index < -0.39 is 0 Å². The molecule has 0 aliphatic heterocycles. The van der Waals surface area contributed by atoms with Crippen molar-refractivity contribution in [3.8, 4) is 0 Å². The molecule has 0 aliphatic rings. The van der Waals surface area contributed by atoms with E-state index in [0.717, 1.165) is 4.47 Å². The van der Waals surface area contributed by atoms with E-state index in [-0.39, 0.29) is 24.5 Å². The van der Waals surface area contributed by atoms with Crippen LogP contribution in [0, 0.1) is 0 Å². The third kappa shape index (κ3) is 3.90. The molecule has 18 heavy (non-hydrogen) atoms. The summed E-state index contributed by atoms with van der Waals surface area (Å²) in [4.78, 5) is 14.3. The minimum Gasteiger partial charge on any atom is -0.395 e. The second-order valence-corrected chi connectivity index (χ2v) is 5.52. The summed E-state index contributed by atoms with van der Waals surface area (Å²) in [7, 11) is 0. The SMILES string of the molecule is CC(C)N(CCO)C(C)C(=O)c1ccc(Br)cc1. The molecular formula is C14H20BrNO2. The summed E-state index contributed by atoms with van der Waals surface area (Å²) in [5, 5.41) is 9.06. The minimum absolute atomic E-state index is 0.0656. The van der Waals surface area contributed by atoms with E-state index in [1.807, 2.05) is 49.9 Å². The number of carbonyl (C=O) groups is 1. The zero-order chi connectivity index (χ0) is 13.7. The van der Waals surface area contributed by atoms with Crippen LogP contribution in [0.2, 0.25) is 0 Å². The lowest BCUT2D eigenvalue weighted by atomic mass is 10.0. The van der Waals surface area contributed by atoms with Crippen LogP contribution >= 0.6 is 15.9 Å². The Bertz CT molecular complexity index is 389. The van der Waals surface area contributed by atoms with Gasteiger partial charge in [0.1, 0.15) is 0 Å². The molecule has 1 unspecified atom stereocenters. The largest absolute Gasteiger partial charge is 0.395 e. The fourth-order valence-electron chi connectivity index (χ4n) is 2.02. The second-order valence-electron chi connectivity index (χ2n) is 4.60. The molecule has 4 heteroatoms. The number of ketones is 1. The van der Waals surface area contributed by atoms with Crippen molar-refractivity contribution in [1.29, 1.82) is 0 Å². The van der Waals surface area contributed by atoms with Crippen molar-refractivity contribution in [2.24, 2.45) is 0 Å². The number of hydrogen-bond acceptors (Lipinski definition) is 3. The van der Waals surface area contributed by atoms with Crippen LogP contribution in [0.1, 0.15) is 31.1 Å². The lowest BCUT2D eigenvalue weighted by molar-refractivity contribution is 0.0743. The van der Waals surface area contributed by atoms with Gasteiger partial charge in [0, 0.05) is 22.6 Å². The van der Waals surface area contributed by atoms with Gasteiger partial charge in [0.05, 0.1) is 12.6 Å². The van der Waals surface area contributed by atoms with E-state index in [9.17, 15) is 4.79 Å². The number of aliphatic hydroxyl groups excluding tert-OH is 1. The Morgan fingerprint density at radius 3 is 2.28 bits per heavy atom. The molecule has 0 aliphatic carbocycles. The molecule has 1 rings (SSSR count). The van der Waals surface area contributed by atoms with Gasteiger partial charge in [0.25, 0.3) is 0 Å². The van der Waals surface area contributed by atoms with E-state index in [4.69, 9.17) is 5.11 Å². The number of Topliss-reactive ketones (excluding diaryl/α,β-unsaturated/α-hetero) is 1. The molecule has 0 aromatic heterocycles. The van der Waals surface area contributed by atoms with Crippen LogP contribution in [0.15, 0.2) is 28.7 Å². The summed E-state index contributed by atoms with van der Waals surface area (Å²) in [5.41, 5.74) is 0.703. The van der Waals surface area contributed by atoms with Gasteiger partial charge in [-0.3, -0.25) is 9.69 Å². The van der Waals surface area contributed by atoms with Gasteiger partial charge < -0.3 is 5.11 Å². The quantitative estimate of drug-likeness (QED) is 0.821. The van der Waals surface area contributed by atoms with Gasteiger partial charge in [-0.2, -0.15) is 0 Å². The summed E-state index contributed by atoms with van der Waals surface area (Å²) >= 11 is 3.35. The zero-order valence-electron chi connectivity index (χ0n) is 11.1. The van der Waals surface area contributed by atoms with Crippen molar-refractivity contribution < 1.29 is 9.90 Å². The minimum atomic E-state index is -0.224. The molecule has 1 N–H and O–H groups in total. The predicted molar refractivity (Wildman–Crippen MR) is 76.9 cm³/mol. The Kier molecular flexibility index (Phi) is 5.99. The molecule has 3 nitrogen and oxygen atoms in total. The topological polar surface area (TPSA) is 40.5 Å². The van der Waals surface area contributed by atoms with Crippen LogP contribution in [0.25, 0.3) is 0 Å². The van der Waals surface area contributed by atoms with Gasteiger partial charge in [0.2, 0.25) is 0 Å². The predicted octanol–water partition coefficient (Wildman–Crippen LogP) is 2.72. The summed E-state index contributed by atoms with van der Waals surface area (Å²) < 4.78 is 0.961. The van der Waals surface area contributed by atoms with Gasteiger partial charge in [0.15, 0.2) is 5.78 Å². The maximum Gasteiger partial charge on any atom is 0.179 e. The van der Waals surface area contributed by atoms with Crippen molar-refractivity contribution in [2.75, 3.05) is 13.2 Å². The van der Waals surface area contributed by atoms with E-state index in [1.54, 1.807) is 0 Å². The summed E-state index contributed by atoms with van der Waals surface area (Å²) in [6.45, 7) is 6.53. The number of nitrogens with zero attached hydrogens (tertiary/aromatic N) is 1. The summed E-state index contributed by atoms with van der Waals surface area (Å²) in [5.74, 6) is 0.0876. The first-order valence-electron chi connectivity index (χ1n) is 6.13. The first-order valence-corrected chi connectivity index (χ1v) is 6.93. The first kappa shape index (κ1) is 15.3. The van der Waals surface area contributed by atoms with E-state index in [1.165, 1.54) is 0 Å². The molecule has 0 amide bonds. The van der Waals surface area contributed by atoms with Crippen LogP contribution < -0.4 is 0 Å². The van der Waals surface area contributed by atoms with Gasteiger partial charge in [-0.15, -0.1) is 0 Å². The van der Waals surface area contributed by atoms with Crippen molar-refractivity contribution in [3.63, 3.8) is 0 Å². The Balaban J connectivity index is 2.84. The maximum absolute atomic E-state index is 12.3. The fraction of sp³-hybridized carbons (Fsp3) is 0.500. The summed E-state index contributed by atoms with van der Waals surface area (Å²) in [6, 6.07) is 7.38. The van der Waals surface area contributed by atoms with Crippen molar-refractivity contribution in [3.05, 3.63) is 34.3 Å². The van der Waals surface area contributed by atoms with Gasteiger partial charge >= 0.3 is 0 Å². The molecule has 100 valence electrons. The molecule has 0 spiro atoms. The van der Waals surface area contributed by atoms with E-state index in [0.29, 0.717) is 12.1 Å². The molecule has 0 fully saturated rings. The Morgan fingerprint density at radius 1 is 1.28 bits per heavy atom. The number of rotatable bonds is 6. The number of benzene rings is 1. The van der Waals surface area contributed by atoms with E-state index in [2.05, 4.69) is 15.9 Å². The van der Waals surface area contributed by atoms with Crippen molar-refractivity contribution >= 4 is 21.7 Å². The van der Waals surface area contributed by atoms with Crippen LogP contribution in [0.3, 0.4) is 0 Å². The smallest absolute Gasteiger partial charge is 0.179 e. The monoisotopic (exact) mass is 313 g/mol. The third-order valence-corrected chi connectivity index (χ3v) is 3.56. The normalized spacial score (nSPS) is 13.1. The maximum atomic E-state index is 12.3. The van der Waals surface area contributed by atoms with Crippen LogP contribution in [0.5, 0.6) is 0 Å². The zero-order valence-corrected chi connectivity index (χ0v) is 12.6. The Labute approximate surface area is 117 Å². The Morgan fingerprint density at radius 2 is 1.83 bits per heavy atom. The lowest BCUT2D eigenvalue weighted by Crippen LogP contribution is -2.44. The van der Waals surface area contributed by atoms with Gasteiger partial charge in [-0.25, -0.2) is 0 Å². The second kappa shape index (κ2) is 7.02. The van der Waals surface area contributed by atoms with Crippen LogP contribution in [0.4, 0.5) is 0 Å². The van der Waals surface area contributed by atoms with Crippen molar-refractivity contribution in [1.82, 2.24) is 4.90 Å². The number of hydrogen-bond donors (Lipinski definition) is 1. The molecule has 0 saturated heterocycles. The third-order valence-electron chi connectivity index (χ3n) is 3.03. The molecule has 0 heterocycles. The molecule has 0 radical (unpaired) electrons. The highest BCUT2D eigenvalue weighted by molar-refractivity contribution is 9.10. The lowest BCUT2D eigenvalue weighted by Gasteiger charge is -2.31. The average Bonchev–Trinajstić information content (AvgIpc) is 2.35. The Hall–Kier alpha value is -0.710. The highest BCUT2D eigenvalue weighted by Crippen LogP contribution is 2.15. The fourth-order valence-corrected chi connectivity index (χ4v) is 2.28. The molecule has 1 aromatic rings. The highest BCUT2D eigenvalue weighted by atomic mass is 79.9. The average molecular weight is 314 g/mol. The van der Waals surface area contributed by atoms with Crippen LogP contribution in [-0.4, -0.2) is 41.0 Å². The first-order chi connectivity index (χ1) is 8.47. The van der Waals surface area contributed by atoms with E-state index >= 15 is 0 Å². The molecule has 1 atom stereocenters. The van der Waals surface area contributed by atoms with Crippen LogP contribution in [-0.2, 0) is 0 Å². The van der Waals surface area contributed by atoms with Gasteiger partial charge in [-0.1, -0.05) is 28.1 Å². The molecule has 0 bridgehead atoms. The van der Waals surface area contributed by atoms with Crippen molar-refractivity contribution in [2.45, 2.75) is 32.9 Å². The standard InChI is InChI=1S/C14H20BrNO2/c1-10(2)16(8-9-17)11(3)14(18)12-4-6-13(15)7-5-12/h4-7,10-11,17H,8-9H2,1-3H3. The number of aliphatic hydroxyl groups is 1. The number of halogens is 1. The molecular weight excluding hydrogens is 294 g/mol. The van der Waals surface area contributed by atoms with Gasteiger partial charge in [-0.05, 0) is 32.9 Å². The molecule has 0 saturated carbocycles. The summed E-state index contributed by atoms with van der Waals surface area (Å²) in [6.07, 6.45) is 0. The molecule has 1 aromatic carbocycles. The highest BCUT2D eigenvalue weighted by Gasteiger charge is 2.23. The number of carbonyl (C=O) groups excluding carboxylic acids is 1.